The zero-order chi connectivity index (χ0) is 30.5. The lowest BCUT2D eigenvalue weighted by Gasteiger charge is -2.27. The second kappa shape index (κ2) is 21.6. The molecule has 0 rings (SSSR count). The maximum absolute atomic E-state index is 13.0. The Morgan fingerprint density at radius 2 is 0.725 bits per heavy atom. The molecular formula is C30H49N3O7. The number of allylic oxidation sites excluding steroid dienone is 1. The molecule has 0 aliphatic rings. The van der Waals surface area contributed by atoms with Gasteiger partial charge in [-0.2, -0.15) is 0 Å². The van der Waals surface area contributed by atoms with Gasteiger partial charge in [0.15, 0.2) is 0 Å². The van der Waals surface area contributed by atoms with Crippen molar-refractivity contribution < 1.29 is 33.6 Å². The zero-order valence-corrected chi connectivity index (χ0v) is 25.2. The number of nitrogens with zero attached hydrogens (tertiary/aromatic N) is 3. The summed E-state index contributed by atoms with van der Waals surface area (Å²) in [6.45, 7) is 9.71. The van der Waals surface area contributed by atoms with Crippen LogP contribution >= 0.6 is 0 Å². The van der Waals surface area contributed by atoms with Gasteiger partial charge in [-0.25, -0.2) is 0 Å². The number of carbonyl (C=O) groups excluding carboxylic acids is 7. The van der Waals surface area contributed by atoms with E-state index in [9.17, 15) is 33.6 Å². The first-order valence-corrected chi connectivity index (χ1v) is 14.6. The highest BCUT2D eigenvalue weighted by molar-refractivity contribution is 5.89. The van der Waals surface area contributed by atoms with E-state index in [-0.39, 0.29) is 119 Å². The molecule has 0 heterocycles. The lowest BCUT2D eigenvalue weighted by molar-refractivity contribution is -0.133. The number of hydrogen-bond donors (Lipinski definition) is 0. The molecule has 10 heteroatoms. The average molecular weight is 564 g/mol. The van der Waals surface area contributed by atoms with Gasteiger partial charge in [0.05, 0.1) is 0 Å². The third-order valence-electron chi connectivity index (χ3n) is 6.74. The van der Waals surface area contributed by atoms with Gasteiger partial charge in [-0.15, -0.1) is 0 Å². The molecule has 0 N–H and O–H groups in total. The fraction of sp³-hybridized carbons (Fsp3) is 0.700. The van der Waals surface area contributed by atoms with Crippen molar-refractivity contribution in [3.05, 3.63) is 12.2 Å². The summed E-state index contributed by atoms with van der Waals surface area (Å²) in [5.74, 6) is -0.790. The Bertz CT molecular complexity index is 798. The minimum absolute atomic E-state index is 0.0160. The molecule has 0 spiro atoms. The molecular weight excluding hydrogens is 514 g/mol. The number of carbonyl (C=O) groups is 7. The normalized spacial score (nSPS) is 10.8. The fourth-order valence-electron chi connectivity index (χ4n) is 3.83. The first-order valence-electron chi connectivity index (χ1n) is 14.6. The maximum atomic E-state index is 13.0. The molecule has 0 aromatic rings. The van der Waals surface area contributed by atoms with Crippen LogP contribution in [-0.4, -0.2) is 94.8 Å². The van der Waals surface area contributed by atoms with Crippen molar-refractivity contribution in [3.8, 4) is 0 Å². The lowest BCUT2D eigenvalue weighted by Crippen LogP contribution is -2.41. The van der Waals surface area contributed by atoms with Gasteiger partial charge in [0.25, 0.3) is 0 Å². The molecule has 0 bridgehead atoms. The largest absolute Gasteiger partial charge is 0.342 e. The van der Waals surface area contributed by atoms with Crippen molar-refractivity contribution in [1.29, 1.82) is 0 Å². The first kappa shape index (κ1) is 36.8. The van der Waals surface area contributed by atoms with Crippen LogP contribution < -0.4 is 0 Å². The smallest absolute Gasteiger partial charge is 0.246 e. The molecule has 0 radical (unpaired) electrons. The van der Waals surface area contributed by atoms with Gasteiger partial charge in [-0.3, -0.25) is 33.6 Å². The summed E-state index contributed by atoms with van der Waals surface area (Å²) < 4.78 is 0. The van der Waals surface area contributed by atoms with E-state index in [0.29, 0.717) is 25.7 Å². The van der Waals surface area contributed by atoms with E-state index in [1.807, 2.05) is 0 Å². The highest BCUT2D eigenvalue weighted by atomic mass is 16.2. The summed E-state index contributed by atoms with van der Waals surface area (Å²) in [7, 11) is 0. The lowest BCUT2D eigenvalue weighted by atomic mass is 10.1. The molecule has 10 nitrogen and oxygen atoms in total. The Morgan fingerprint density at radius 1 is 0.450 bits per heavy atom. The van der Waals surface area contributed by atoms with Crippen molar-refractivity contribution in [3.63, 3.8) is 0 Å². The molecule has 0 saturated carbocycles. The summed E-state index contributed by atoms with van der Waals surface area (Å²) in [5, 5.41) is 0. The number of hydrogen-bond acceptors (Lipinski definition) is 7. The average Bonchev–Trinajstić information content (AvgIpc) is 2.95. The van der Waals surface area contributed by atoms with E-state index in [1.54, 1.807) is 40.7 Å². The van der Waals surface area contributed by atoms with E-state index in [0.717, 1.165) is 0 Å². The molecule has 0 fully saturated rings. The standard InChI is InChI=1S/C30H49N3O7/c1-6-11-28(38)33(22-16-29(39)31(18-12-24(34)7-2)19-13-25(35)8-3)23-17-30(40)32(20-14-26(36)9-4)21-15-27(37)10-5/h6,11H,7-10,12-23H2,1-5H3/b11-6+. The Balaban J connectivity index is 5.40. The molecule has 0 unspecified atom stereocenters. The predicted octanol–water partition coefficient (Wildman–Crippen LogP) is 3.31. The Labute approximate surface area is 239 Å². The summed E-state index contributed by atoms with van der Waals surface area (Å²) in [5.41, 5.74) is 0. The first-order chi connectivity index (χ1) is 19.0. The molecule has 0 aliphatic carbocycles. The van der Waals surface area contributed by atoms with E-state index in [4.69, 9.17) is 0 Å². The second-order valence-electron chi connectivity index (χ2n) is 9.66. The summed E-state index contributed by atoms with van der Waals surface area (Å²) in [6, 6.07) is 0. The van der Waals surface area contributed by atoms with Gasteiger partial charge in [-0.05, 0) is 13.0 Å². The minimum atomic E-state index is -0.342. The van der Waals surface area contributed by atoms with Crippen LogP contribution in [0.25, 0.3) is 0 Å². The van der Waals surface area contributed by atoms with Gasteiger partial charge in [-0.1, -0.05) is 33.8 Å². The molecule has 0 atom stereocenters. The van der Waals surface area contributed by atoms with Crippen LogP contribution in [0.2, 0.25) is 0 Å². The van der Waals surface area contributed by atoms with Crippen molar-refractivity contribution >= 4 is 40.9 Å². The monoisotopic (exact) mass is 563 g/mol. The van der Waals surface area contributed by atoms with Crippen molar-refractivity contribution in [2.45, 2.75) is 98.8 Å². The van der Waals surface area contributed by atoms with Gasteiger partial charge in [0, 0.05) is 103 Å². The zero-order valence-electron chi connectivity index (χ0n) is 25.2. The quantitative estimate of drug-likeness (QED) is 0.174. The Hall–Kier alpha value is -3.17. The molecule has 0 aromatic heterocycles. The van der Waals surface area contributed by atoms with Crippen LogP contribution in [0.3, 0.4) is 0 Å². The number of rotatable bonds is 23. The van der Waals surface area contributed by atoms with Crippen molar-refractivity contribution in [2.24, 2.45) is 0 Å². The van der Waals surface area contributed by atoms with Crippen LogP contribution in [0.15, 0.2) is 12.2 Å². The topological polar surface area (TPSA) is 129 Å². The van der Waals surface area contributed by atoms with E-state index in [1.165, 1.54) is 20.8 Å². The predicted molar refractivity (Wildman–Crippen MR) is 153 cm³/mol. The number of Topliss-reactive ketones (excluding diaryl/α,β-unsaturated/α-hetero) is 4. The minimum Gasteiger partial charge on any atom is -0.342 e. The summed E-state index contributed by atoms with van der Waals surface area (Å²) >= 11 is 0. The SMILES string of the molecule is C/C=C/C(=O)N(CCC(=O)N(CCC(=O)CC)CCC(=O)CC)CCC(=O)N(CCC(=O)CC)CCC(=O)CC. The van der Waals surface area contributed by atoms with Crippen LogP contribution in [0.5, 0.6) is 0 Å². The third-order valence-corrected chi connectivity index (χ3v) is 6.74. The van der Waals surface area contributed by atoms with Crippen LogP contribution in [0.4, 0.5) is 0 Å². The summed E-state index contributed by atoms with van der Waals surface area (Å²) in [4.78, 5) is 90.6. The summed E-state index contributed by atoms with van der Waals surface area (Å²) in [6.07, 6.45) is 5.20. The highest BCUT2D eigenvalue weighted by Crippen LogP contribution is 2.08. The molecule has 0 aromatic carbocycles. The third kappa shape index (κ3) is 16.1. The molecule has 0 saturated heterocycles. The highest BCUT2D eigenvalue weighted by Gasteiger charge is 2.21. The second-order valence-corrected chi connectivity index (χ2v) is 9.66. The van der Waals surface area contributed by atoms with Crippen LogP contribution in [0, 0.1) is 0 Å². The van der Waals surface area contributed by atoms with Gasteiger partial charge in [0.1, 0.15) is 23.1 Å². The van der Waals surface area contributed by atoms with Crippen molar-refractivity contribution in [2.75, 3.05) is 39.3 Å². The molecule has 3 amide bonds. The number of ketones is 4. The number of amides is 3. The molecule has 40 heavy (non-hydrogen) atoms. The Kier molecular flexibility index (Phi) is 19.9. The maximum Gasteiger partial charge on any atom is 0.246 e. The van der Waals surface area contributed by atoms with Crippen LogP contribution in [0.1, 0.15) is 98.8 Å². The van der Waals surface area contributed by atoms with Crippen LogP contribution in [-0.2, 0) is 33.6 Å². The molecule has 0 aliphatic heterocycles. The molecule has 226 valence electrons. The van der Waals surface area contributed by atoms with Gasteiger partial charge >= 0.3 is 0 Å². The van der Waals surface area contributed by atoms with Gasteiger partial charge in [0.2, 0.25) is 17.7 Å². The van der Waals surface area contributed by atoms with E-state index in [2.05, 4.69) is 0 Å². The van der Waals surface area contributed by atoms with Crippen molar-refractivity contribution in [1.82, 2.24) is 14.7 Å². The van der Waals surface area contributed by atoms with E-state index >= 15 is 0 Å². The van der Waals surface area contributed by atoms with E-state index < -0.39 is 0 Å². The Morgan fingerprint density at radius 3 is 0.975 bits per heavy atom. The fourth-order valence-corrected chi connectivity index (χ4v) is 3.83. The van der Waals surface area contributed by atoms with Gasteiger partial charge < -0.3 is 14.7 Å².